The molecule has 0 radical (unpaired) electrons. The number of ether oxygens (including phenoxy) is 1. The minimum Gasteiger partial charge on any atom is -0.381 e. The lowest BCUT2D eigenvalue weighted by atomic mass is 9.93. The largest absolute Gasteiger partial charge is 0.381 e. The molecule has 3 heteroatoms. The van der Waals surface area contributed by atoms with E-state index in [4.69, 9.17) is 27.9 Å². The van der Waals surface area contributed by atoms with Crippen molar-refractivity contribution in [3.63, 3.8) is 0 Å². The van der Waals surface area contributed by atoms with Crippen LogP contribution in [0, 0.1) is 5.41 Å². The first-order valence-electron chi connectivity index (χ1n) is 3.03. The van der Waals surface area contributed by atoms with E-state index in [1.54, 1.807) is 0 Å². The summed E-state index contributed by atoms with van der Waals surface area (Å²) in [5.41, 5.74) is 0.0864. The third-order valence-corrected chi connectivity index (χ3v) is 2.89. The summed E-state index contributed by atoms with van der Waals surface area (Å²) in [5, 5.41) is 0. The molecule has 0 unspecified atom stereocenters. The number of hydrogen-bond donors (Lipinski definition) is 0. The minimum absolute atomic E-state index is 0.0864. The van der Waals surface area contributed by atoms with Gasteiger partial charge >= 0.3 is 0 Å². The molecule has 0 atom stereocenters. The third kappa shape index (κ3) is 1.51. The van der Waals surface area contributed by atoms with Crippen LogP contribution in [0.15, 0.2) is 0 Å². The highest BCUT2D eigenvalue weighted by molar-refractivity contribution is 6.21. The summed E-state index contributed by atoms with van der Waals surface area (Å²) in [6.45, 7) is 1.56. The zero-order valence-corrected chi connectivity index (χ0v) is 6.71. The quantitative estimate of drug-likeness (QED) is 0.573. The average Bonchev–Trinajstić information content (AvgIpc) is 2.36. The SMILES string of the molecule is ClCC1(CCl)CCOC1. The molecule has 1 fully saturated rings. The molecule has 1 heterocycles. The Bertz CT molecular complexity index is 83.1. The normalized spacial score (nSPS) is 24.7. The van der Waals surface area contributed by atoms with Gasteiger partial charge in [0.15, 0.2) is 0 Å². The van der Waals surface area contributed by atoms with E-state index in [1.807, 2.05) is 0 Å². The van der Waals surface area contributed by atoms with Gasteiger partial charge in [0.2, 0.25) is 0 Å². The molecule has 0 bridgehead atoms. The zero-order chi connectivity index (χ0) is 6.74. The predicted octanol–water partition coefficient (Wildman–Crippen LogP) is 1.87. The van der Waals surface area contributed by atoms with Gasteiger partial charge in [0.05, 0.1) is 6.61 Å². The first-order chi connectivity index (χ1) is 4.33. The maximum absolute atomic E-state index is 5.70. The molecule has 0 spiro atoms. The van der Waals surface area contributed by atoms with E-state index in [0.29, 0.717) is 11.8 Å². The highest BCUT2D eigenvalue weighted by Gasteiger charge is 2.32. The van der Waals surface area contributed by atoms with Crippen molar-refractivity contribution in [3.8, 4) is 0 Å². The van der Waals surface area contributed by atoms with Crippen LogP contribution in [0.4, 0.5) is 0 Å². The lowest BCUT2D eigenvalue weighted by Gasteiger charge is -2.19. The predicted molar refractivity (Wildman–Crippen MR) is 39.3 cm³/mol. The first-order valence-corrected chi connectivity index (χ1v) is 4.10. The summed E-state index contributed by atoms with van der Waals surface area (Å²) in [4.78, 5) is 0. The fourth-order valence-corrected chi connectivity index (χ4v) is 1.60. The van der Waals surface area contributed by atoms with E-state index in [2.05, 4.69) is 0 Å². The summed E-state index contributed by atoms with van der Waals surface area (Å²) in [5.74, 6) is 1.24. The van der Waals surface area contributed by atoms with Gasteiger partial charge in [-0.25, -0.2) is 0 Å². The van der Waals surface area contributed by atoms with Crippen molar-refractivity contribution in [1.29, 1.82) is 0 Å². The monoisotopic (exact) mass is 168 g/mol. The molecule has 0 amide bonds. The van der Waals surface area contributed by atoms with E-state index in [9.17, 15) is 0 Å². The molecule has 54 valence electrons. The molecular formula is C6H10Cl2O. The Morgan fingerprint density at radius 2 is 2.00 bits per heavy atom. The Labute approximate surface area is 65.3 Å². The molecule has 0 aromatic rings. The molecule has 1 aliphatic rings. The summed E-state index contributed by atoms with van der Waals surface area (Å²) >= 11 is 11.4. The molecule has 1 rings (SSSR count). The number of halogens is 2. The van der Waals surface area contributed by atoms with Crippen LogP contribution in [0.3, 0.4) is 0 Å². The van der Waals surface area contributed by atoms with E-state index in [1.165, 1.54) is 0 Å². The smallest absolute Gasteiger partial charge is 0.0546 e. The molecular weight excluding hydrogens is 159 g/mol. The molecule has 0 N–H and O–H groups in total. The van der Waals surface area contributed by atoms with Crippen LogP contribution in [-0.4, -0.2) is 25.0 Å². The molecule has 1 nitrogen and oxygen atoms in total. The summed E-state index contributed by atoms with van der Waals surface area (Å²) in [7, 11) is 0. The van der Waals surface area contributed by atoms with Crippen molar-refractivity contribution in [2.75, 3.05) is 25.0 Å². The van der Waals surface area contributed by atoms with Crippen LogP contribution in [0.2, 0.25) is 0 Å². The van der Waals surface area contributed by atoms with E-state index < -0.39 is 0 Å². The van der Waals surface area contributed by atoms with Crippen LogP contribution in [0.1, 0.15) is 6.42 Å². The van der Waals surface area contributed by atoms with Crippen LogP contribution < -0.4 is 0 Å². The minimum atomic E-state index is 0.0864. The zero-order valence-electron chi connectivity index (χ0n) is 5.20. The van der Waals surface area contributed by atoms with Crippen molar-refractivity contribution in [2.45, 2.75) is 6.42 Å². The maximum atomic E-state index is 5.70. The molecule has 0 aromatic carbocycles. The van der Waals surface area contributed by atoms with Gasteiger partial charge in [-0.15, -0.1) is 23.2 Å². The summed E-state index contributed by atoms with van der Waals surface area (Å²) < 4.78 is 5.17. The van der Waals surface area contributed by atoms with Crippen molar-refractivity contribution >= 4 is 23.2 Å². The first kappa shape index (κ1) is 7.64. The molecule has 0 aliphatic carbocycles. The van der Waals surface area contributed by atoms with Gasteiger partial charge in [0, 0.05) is 23.8 Å². The van der Waals surface area contributed by atoms with Crippen molar-refractivity contribution in [3.05, 3.63) is 0 Å². The standard InChI is InChI=1S/C6H10Cl2O/c7-3-6(4-8)1-2-9-5-6/h1-5H2. The Balaban J connectivity index is 2.45. The van der Waals surface area contributed by atoms with Gasteiger partial charge < -0.3 is 4.74 Å². The number of rotatable bonds is 2. The van der Waals surface area contributed by atoms with Gasteiger partial charge in [-0.3, -0.25) is 0 Å². The van der Waals surface area contributed by atoms with Crippen molar-refractivity contribution in [2.24, 2.45) is 5.41 Å². The van der Waals surface area contributed by atoms with E-state index in [-0.39, 0.29) is 5.41 Å². The van der Waals surface area contributed by atoms with E-state index in [0.717, 1.165) is 19.6 Å². The average molecular weight is 169 g/mol. The fourth-order valence-electron chi connectivity index (χ4n) is 0.896. The highest BCUT2D eigenvalue weighted by Crippen LogP contribution is 2.30. The second kappa shape index (κ2) is 3.09. The van der Waals surface area contributed by atoms with Crippen LogP contribution in [-0.2, 0) is 4.74 Å². The third-order valence-electron chi connectivity index (χ3n) is 1.75. The molecule has 9 heavy (non-hydrogen) atoms. The number of alkyl halides is 2. The van der Waals surface area contributed by atoms with E-state index >= 15 is 0 Å². The topological polar surface area (TPSA) is 9.23 Å². The van der Waals surface area contributed by atoms with Crippen molar-refractivity contribution < 1.29 is 4.74 Å². The van der Waals surface area contributed by atoms with Gasteiger partial charge in [-0.1, -0.05) is 0 Å². The maximum Gasteiger partial charge on any atom is 0.0546 e. The van der Waals surface area contributed by atoms with Gasteiger partial charge in [-0.2, -0.15) is 0 Å². The number of hydrogen-bond acceptors (Lipinski definition) is 1. The molecule has 1 aliphatic heterocycles. The molecule has 0 aromatic heterocycles. The van der Waals surface area contributed by atoms with Crippen LogP contribution in [0.5, 0.6) is 0 Å². The highest BCUT2D eigenvalue weighted by atomic mass is 35.5. The van der Waals surface area contributed by atoms with Gasteiger partial charge in [0.25, 0.3) is 0 Å². The Hall–Kier alpha value is 0.540. The fraction of sp³-hybridized carbons (Fsp3) is 1.00. The van der Waals surface area contributed by atoms with Crippen LogP contribution >= 0.6 is 23.2 Å². The van der Waals surface area contributed by atoms with Gasteiger partial charge in [-0.05, 0) is 6.42 Å². The molecule has 0 saturated carbocycles. The van der Waals surface area contributed by atoms with Gasteiger partial charge in [0.1, 0.15) is 0 Å². The lowest BCUT2D eigenvalue weighted by molar-refractivity contribution is 0.169. The Morgan fingerprint density at radius 3 is 2.22 bits per heavy atom. The lowest BCUT2D eigenvalue weighted by Crippen LogP contribution is -2.24. The second-order valence-corrected chi connectivity index (χ2v) is 3.10. The summed E-state index contributed by atoms with van der Waals surface area (Å²) in [6.07, 6.45) is 1.01. The van der Waals surface area contributed by atoms with Crippen molar-refractivity contribution in [1.82, 2.24) is 0 Å². The molecule has 1 saturated heterocycles. The Morgan fingerprint density at radius 1 is 1.33 bits per heavy atom. The second-order valence-electron chi connectivity index (χ2n) is 2.57. The Kier molecular flexibility index (Phi) is 2.62. The summed E-state index contributed by atoms with van der Waals surface area (Å²) in [6, 6.07) is 0. The van der Waals surface area contributed by atoms with Crippen LogP contribution in [0.25, 0.3) is 0 Å².